The zero-order chi connectivity index (χ0) is 28.0. The summed E-state index contributed by atoms with van der Waals surface area (Å²) >= 11 is 0. The fourth-order valence-electron chi connectivity index (χ4n) is 6.55. The first-order valence-electron chi connectivity index (χ1n) is 14.1. The number of carbonyl (C=O) groups is 4. The van der Waals surface area contributed by atoms with Crippen molar-refractivity contribution < 1.29 is 23.6 Å². The Morgan fingerprint density at radius 1 is 0.800 bits per heavy atom. The summed E-state index contributed by atoms with van der Waals surface area (Å²) in [5, 5.41) is 0. The molecule has 0 radical (unpaired) electrons. The number of ketones is 2. The molecule has 0 bridgehead atoms. The van der Waals surface area contributed by atoms with E-state index in [-0.39, 0.29) is 36.6 Å². The van der Waals surface area contributed by atoms with E-state index < -0.39 is 17.9 Å². The number of nitrogens with two attached hydrogens (primary N) is 1. The molecule has 2 saturated heterocycles. The van der Waals surface area contributed by atoms with Crippen molar-refractivity contribution in [1.82, 2.24) is 9.80 Å². The Hall–Kier alpha value is -3.79. The van der Waals surface area contributed by atoms with Crippen LogP contribution >= 0.6 is 0 Å². The fraction of sp³-hybridized carbons (Fsp3) is 0.467. The topological polar surface area (TPSA) is 107 Å². The van der Waals surface area contributed by atoms with Crippen LogP contribution in [-0.2, 0) is 9.59 Å². The van der Waals surface area contributed by atoms with Crippen molar-refractivity contribution in [2.24, 2.45) is 5.92 Å². The molecular weight excluding hydrogens is 513 g/mol. The van der Waals surface area contributed by atoms with Crippen molar-refractivity contribution in [3.05, 3.63) is 53.3 Å². The lowest BCUT2D eigenvalue weighted by atomic mass is 9.92. The lowest BCUT2D eigenvalue weighted by Gasteiger charge is -2.40. The molecule has 9 nitrogen and oxygen atoms in total. The van der Waals surface area contributed by atoms with Crippen LogP contribution in [0.2, 0.25) is 0 Å². The number of Topliss-reactive ketones (excluding diaryl/α,β-unsaturated/α-hetero) is 2. The smallest absolute Gasteiger partial charge is 0.262 e. The summed E-state index contributed by atoms with van der Waals surface area (Å²) < 4.78 is 14.3. The van der Waals surface area contributed by atoms with Crippen LogP contribution < -0.4 is 15.5 Å². The molecule has 1 unspecified atom stereocenters. The highest BCUT2D eigenvalue weighted by molar-refractivity contribution is 6.24. The van der Waals surface area contributed by atoms with Crippen molar-refractivity contribution >= 4 is 40.4 Å². The van der Waals surface area contributed by atoms with Crippen LogP contribution in [0.1, 0.15) is 52.8 Å². The van der Waals surface area contributed by atoms with Crippen LogP contribution in [0.3, 0.4) is 0 Å². The van der Waals surface area contributed by atoms with Crippen LogP contribution in [0.25, 0.3) is 0 Å². The number of nitrogens with zero attached hydrogens (tertiary/aromatic N) is 4. The summed E-state index contributed by atoms with van der Waals surface area (Å²) in [5.74, 6) is -1.10. The second kappa shape index (κ2) is 10.6. The first-order valence-corrected chi connectivity index (χ1v) is 14.1. The number of rotatable bonds is 5. The quantitative estimate of drug-likeness (QED) is 0.346. The maximum Gasteiger partial charge on any atom is 0.262 e. The van der Waals surface area contributed by atoms with E-state index in [1.807, 2.05) is 6.07 Å². The molecule has 2 amide bonds. The highest BCUT2D eigenvalue weighted by atomic mass is 19.1. The molecule has 40 heavy (non-hydrogen) atoms. The summed E-state index contributed by atoms with van der Waals surface area (Å²) in [6.07, 6.45) is 2.22. The van der Waals surface area contributed by atoms with Gasteiger partial charge in [0.15, 0.2) is 5.78 Å². The molecule has 0 aromatic heterocycles. The van der Waals surface area contributed by atoms with Crippen LogP contribution in [-0.4, -0.2) is 85.0 Å². The lowest BCUT2D eigenvalue weighted by molar-refractivity contribution is -0.132. The van der Waals surface area contributed by atoms with E-state index in [9.17, 15) is 23.6 Å². The Balaban J connectivity index is 1.03. The molecule has 2 N–H and O–H groups in total. The third-order valence-corrected chi connectivity index (χ3v) is 8.83. The van der Waals surface area contributed by atoms with Gasteiger partial charge in [0.2, 0.25) is 0 Å². The number of piperazine rings is 1. The Bertz CT molecular complexity index is 1360. The predicted molar refractivity (Wildman–Crippen MR) is 149 cm³/mol. The third-order valence-electron chi connectivity index (χ3n) is 8.83. The van der Waals surface area contributed by atoms with E-state index in [1.165, 1.54) is 6.07 Å². The number of amides is 2. The summed E-state index contributed by atoms with van der Waals surface area (Å²) in [6.45, 7) is 6.07. The third kappa shape index (κ3) is 4.96. The summed E-state index contributed by atoms with van der Waals surface area (Å²) in [5.41, 5.74) is 8.30. The fourth-order valence-corrected chi connectivity index (χ4v) is 6.55. The number of carbonyl (C=O) groups excluding carboxylic acids is 4. The van der Waals surface area contributed by atoms with E-state index in [1.54, 1.807) is 24.3 Å². The number of piperidine rings is 1. The van der Waals surface area contributed by atoms with Gasteiger partial charge in [0.05, 0.1) is 29.3 Å². The van der Waals surface area contributed by atoms with E-state index in [0.29, 0.717) is 28.4 Å². The Morgan fingerprint density at radius 2 is 1.52 bits per heavy atom. The van der Waals surface area contributed by atoms with Gasteiger partial charge in [0, 0.05) is 63.6 Å². The summed E-state index contributed by atoms with van der Waals surface area (Å²) in [4.78, 5) is 58.1. The number of benzene rings is 2. The highest BCUT2D eigenvalue weighted by Crippen LogP contribution is 2.32. The van der Waals surface area contributed by atoms with Gasteiger partial charge in [-0.1, -0.05) is 0 Å². The number of anilines is 3. The molecular formula is C30H34FN5O4. The molecule has 3 heterocycles. The van der Waals surface area contributed by atoms with Crippen LogP contribution in [0, 0.1) is 11.7 Å². The van der Waals surface area contributed by atoms with Gasteiger partial charge < -0.3 is 15.5 Å². The molecule has 1 atom stereocenters. The summed E-state index contributed by atoms with van der Waals surface area (Å²) in [7, 11) is 0. The minimum atomic E-state index is -0.852. The monoisotopic (exact) mass is 547 g/mol. The molecule has 4 aliphatic rings. The highest BCUT2D eigenvalue weighted by Gasteiger charge is 2.44. The first kappa shape index (κ1) is 26.4. The molecule has 1 aliphatic carbocycles. The zero-order valence-corrected chi connectivity index (χ0v) is 22.5. The maximum atomic E-state index is 14.3. The van der Waals surface area contributed by atoms with Gasteiger partial charge in [0.1, 0.15) is 11.6 Å². The average Bonchev–Trinajstić information content (AvgIpc) is 3.19. The van der Waals surface area contributed by atoms with Crippen LogP contribution in [0.5, 0.6) is 0 Å². The lowest BCUT2D eigenvalue weighted by Crippen LogP contribution is -2.49. The van der Waals surface area contributed by atoms with Gasteiger partial charge >= 0.3 is 0 Å². The number of fused-ring (bicyclic) bond motifs is 1. The molecule has 0 spiro atoms. The van der Waals surface area contributed by atoms with Gasteiger partial charge in [-0.3, -0.25) is 29.0 Å². The molecule has 3 aliphatic heterocycles. The standard InChI is InChI=1S/C30H34FN5O4/c31-25-15-20(32)1-5-26(25)35-9-7-19(8-10-35)18-33-11-13-34(14-12-33)21-2-4-23-24(16-21)30(40)36(29(23)39)27-6-3-22(37)17-28(27)38/h1-2,4-5,15-16,19,27H,3,6-14,17-18,32H2. The molecule has 210 valence electrons. The Kier molecular flexibility index (Phi) is 7.04. The summed E-state index contributed by atoms with van der Waals surface area (Å²) in [6, 6.07) is 9.38. The minimum Gasteiger partial charge on any atom is -0.399 e. The van der Waals surface area contributed by atoms with Crippen molar-refractivity contribution in [1.29, 1.82) is 0 Å². The van der Waals surface area contributed by atoms with Gasteiger partial charge in [-0.2, -0.15) is 0 Å². The maximum absolute atomic E-state index is 14.3. The first-order chi connectivity index (χ1) is 19.3. The number of hydrogen-bond donors (Lipinski definition) is 1. The van der Waals surface area contributed by atoms with Crippen LogP contribution in [0.4, 0.5) is 21.5 Å². The van der Waals surface area contributed by atoms with Gasteiger partial charge in [0.25, 0.3) is 11.8 Å². The molecule has 2 aromatic rings. The van der Waals surface area contributed by atoms with Gasteiger partial charge in [-0.05, 0) is 61.6 Å². The Labute approximate surface area is 232 Å². The van der Waals surface area contributed by atoms with Crippen molar-refractivity contribution in [3.63, 3.8) is 0 Å². The Morgan fingerprint density at radius 3 is 2.23 bits per heavy atom. The minimum absolute atomic E-state index is 0.140. The molecule has 3 fully saturated rings. The normalized spacial score (nSPS) is 22.8. The SMILES string of the molecule is Nc1ccc(N2CCC(CN3CCN(c4ccc5c(c4)C(=O)N(C4CCC(=O)CC4=O)C5=O)CC3)CC2)c(F)c1. The molecule has 1 saturated carbocycles. The van der Waals surface area contributed by atoms with Crippen molar-refractivity contribution in [3.8, 4) is 0 Å². The molecule has 6 rings (SSSR count). The number of imide groups is 1. The van der Waals surface area contributed by atoms with Gasteiger partial charge in [-0.25, -0.2) is 4.39 Å². The largest absolute Gasteiger partial charge is 0.399 e. The predicted octanol–water partition coefficient (Wildman–Crippen LogP) is 2.73. The molecule has 10 heteroatoms. The van der Waals surface area contributed by atoms with Gasteiger partial charge in [-0.15, -0.1) is 0 Å². The zero-order valence-electron chi connectivity index (χ0n) is 22.5. The van der Waals surface area contributed by atoms with E-state index in [2.05, 4.69) is 14.7 Å². The second-order valence-corrected chi connectivity index (χ2v) is 11.4. The van der Waals surface area contributed by atoms with Crippen LogP contribution in [0.15, 0.2) is 36.4 Å². The van der Waals surface area contributed by atoms with E-state index in [0.717, 1.165) is 69.2 Å². The van der Waals surface area contributed by atoms with E-state index >= 15 is 0 Å². The van der Waals surface area contributed by atoms with Crippen molar-refractivity contribution in [2.45, 2.75) is 38.1 Å². The second-order valence-electron chi connectivity index (χ2n) is 11.4. The van der Waals surface area contributed by atoms with Crippen molar-refractivity contribution in [2.75, 3.05) is 61.3 Å². The number of halogens is 1. The molecule has 2 aromatic carbocycles. The number of nitrogen functional groups attached to an aromatic ring is 1. The van der Waals surface area contributed by atoms with E-state index in [4.69, 9.17) is 5.73 Å². The number of hydrogen-bond acceptors (Lipinski definition) is 8. The average molecular weight is 548 g/mol.